The fourth-order valence-electron chi connectivity index (χ4n) is 3.04. The number of ether oxygens (including phenoxy) is 4. The minimum Gasteiger partial charge on any atom is -0.465 e. The number of benzene rings is 2. The van der Waals surface area contributed by atoms with Crippen molar-refractivity contribution in [2.45, 2.75) is 54.1 Å². The normalized spacial score (nSPS) is 13.4. The summed E-state index contributed by atoms with van der Waals surface area (Å²) < 4.78 is 22.7. The molecule has 0 heterocycles. The molecule has 3 unspecified atom stereocenters. The Morgan fingerprint density at radius 3 is 2.10 bits per heavy atom. The fourth-order valence-corrected chi connectivity index (χ4v) is 4.23. The average molecular weight is 418 g/mol. The molecule has 0 saturated heterocycles. The van der Waals surface area contributed by atoms with E-state index in [9.17, 15) is 4.79 Å². The molecule has 0 bridgehead atoms. The van der Waals surface area contributed by atoms with Gasteiger partial charge in [-0.2, -0.15) is 0 Å². The molecular formula is C23H31O5P. The number of hydrogen-bond acceptors (Lipinski definition) is 5. The van der Waals surface area contributed by atoms with E-state index in [4.69, 9.17) is 18.9 Å². The van der Waals surface area contributed by atoms with Crippen molar-refractivity contribution >= 4 is 19.4 Å². The third kappa shape index (κ3) is 6.81. The van der Waals surface area contributed by atoms with Gasteiger partial charge in [-0.05, 0) is 73.4 Å². The van der Waals surface area contributed by atoms with Crippen LogP contribution in [-0.4, -0.2) is 31.3 Å². The molecule has 0 amide bonds. The predicted octanol–water partition coefficient (Wildman–Crippen LogP) is 4.97. The molecule has 0 aliphatic rings. The van der Waals surface area contributed by atoms with Gasteiger partial charge in [0.25, 0.3) is 0 Å². The lowest BCUT2D eigenvalue weighted by Crippen LogP contribution is -2.20. The number of hydrogen-bond donors (Lipinski definition) is 0. The Bertz CT molecular complexity index is 801. The lowest BCUT2D eigenvalue weighted by atomic mass is 10.0. The lowest BCUT2D eigenvalue weighted by Gasteiger charge is -2.20. The van der Waals surface area contributed by atoms with Gasteiger partial charge in [-0.3, -0.25) is 4.79 Å². The highest BCUT2D eigenvalue weighted by atomic mass is 31.1. The molecule has 2 rings (SSSR count). The predicted molar refractivity (Wildman–Crippen MR) is 118 cm³/mol. The third-order valence-electron chi connectivity index (χ3n) is 4.31. The number of carbonyl (C=O) groups is 1. The summed E-state index contributed by atoms with van der Waals surface area (Å²) in [7, 11) is -0.0647. The molecule has 0 spiro atoms. The Labute approximate surface area is 175 Å². The van der Waals surface area contributed by atoms with Crippen LogP contribution in [0.3, 0.4) is 0 Å². The summed E-state index contributed by atoms with van der Waals surface area (Å²) in [5, 5.41) is 0.820. The van der Waals surface area contributed by atoms with E-state index in [0.29, 0.717) is 24.7 Å². The quantitative estimate of drug-likeness (QED) is 0.381. The van der Waals surface area contributed by atoms with Crippen LogP contribution in [0.2, 0.25) is 0 Å². The SMILES string of the molecule is CCOC(C)Oc1ccc(PC(=O)c2c(C)cccc2C)c(OC(C)OCC)c1. The number of carbonyl (C=O) groups excluding carboxylic acids is 1. The van der Waals surface area contributed by atoms with E-state index in [2.05, 4.69) is 0 Å². The standard InChI is InChI=1S/C23H31O5P/c1-7-25-17(5)27-19-12-13-21(20(14-19)28-18(6)26-8-2)29-23(24)22-15(3)10-9-11-16(22)4/h9-14,17-18,29H,7-8H2,1-6H3. The van der Waals surface area contributed by atoms with Crippen molar-refractivity contribution in [1.82, 2.24) is 0 Å². The highest BCUT2D eigenvalue weighted by molar-refractivity contribution is 7.66. The zero-order valence-electron chi connectivity index (χ0n) is 18.1. The van der Waals surface area contributed by atoms with E-state index in [0.717, 1.165) is 22.0 Å². The van der Waals surface area contributed by atoms with Crippen molar-refractivity contribution in [3.8, 4) is 11.5 Å². The van der Waals surface area contributed by atoms with E-state index in [1.165, 1.54) is 0 Å². The maximum Gasteiger partial charge on any atom is 0.196 e. The van der Waals surface area contributed by atoms with Gasteiger partial charge in [0.1, 0.15) is 11.5 Å². The molecule has 0 aliphatic heterocycles. The second kappa shape index (κ2) is 11.3. The van der Waals surface area contributed by atoms with E-state index in [-0.39, 0.29) is 20.4 Å². The molecule has 5 nitrogen and oxygen atoms in total. The first kappa shape index (κ1) is 23.3. The van der Waals surface area contributed by atoms with Crippen LogP contribution in [0.1, 0.15) is 49.2 Å². The number of aryl methyl sites for hydroxylation is 2. The highest BCUT2D eigenvalue weighted by Crippen LogP contribution is 2.30. The van der Waals surface area contributed by atoms with Crippen LogP contribution in [0, 0.1) is 13.8 Å². The van der Waals surface area contributed by atoms with Crippen LogP contribution in [0.25, 0.3) is 0 Å². The molecule has 0 saturated carbocycles. The Hall–Kier alpha value is -1.94. The minimum atomic E-state index is -0.432. The van der Waals surface area contributed by atoms with Crippen molar-refractivity contribution in [1.29, 1.82) is 0 Å². The van der Waals surface area contributed by atoms with Gasteiger partial charge in [0.15, 0.2) is 18.1 Å². The van der Waals surface area contributed by atoms with Crippen LogP contribution in [-0.2, 0) is 9.47 Å². The summed E-state index contributed by atoms with van der Waals surface area (Å²) in [4.78, 5) is 13.0. The first-order valence-electron chi connectivity index (χ1n) is 9.93. The van der Waals surface area contributed by atoms with Crippen molar-refractivity contribution in [2.24, 2.45) is 0 Å². The summed E-state index contributed by atoms with van der Waals surface area (Å²) in [5.41, 5.74) is 2.84. The molecule has 0 fully saturated rings. The van der Waals surface area contributed by atoms with Gasteiger partial charge in [-0.15, -0.1) is 0 Å². The molecule has 6 heteroatoms. The Kier molecular flexibility index (Phi) is 9.09. The first-order chi connectivity index (χ1) is 13.8. The van der Waals surface area contributed by atoms with Gasteiger partial charge in [0.2, 0.25) is 0 Å². The van der Waals surface area contributed by atoms with Gasteiger partial charge in [-0.25, -0.2) is 0 Å². The fraction of sp³-hybridized carbons (Fsp3) is 0.435. The van der Waals surface area contributed by atoms with Gasteiger partial charge in [0, 0.05) is 30.1 Å². The largest absolute Gasteiger partial charge is 0.465 e. The van der Waals surface area contributed by atoms with Crippen LogP contribution >= 0.6 is 8.58 Å². The summed E-state index contributed by atoms with van der Waals surface area (Å²) in [6.45, 7) is 12.5. The van der Waals surface area contributed by atoms with E-state index in [1.54, 1.807) is 6.07 Å². The molecule has 0 N–H and O–H groups in total. The summed E-state index contributed by atoms with van der Waals surface area (Å²) in [6, 6.07) is 11.4. The van der Waals surface area contributed by atoms with Crippen LogP contribution in [0.4, 0.5) is 0 Å². The molecule has 29 heavy (non-hydrogen) atoms. The molecule has 158 valence electrons. The molecule has 2 aromatic rings. The third-order valence-corrected chi connectivity index (χ3v) is 5.47. The molecule has 0 radical (unpaired) electrons. The Morgan fingerprint density at radius 2 is 1.52 bits per heavy atom. The van der Waals surface area contributed by atoms with Crippen LogP contribution < -0.4 is 14.8 Å². The van der Waals surface area contributed by atoms with Gasteiger partial charge < -0.3 is 18.9 Å². The van der Waals surface area contributed by atoms with Gasteiger partial charge >= 0.3 is 0 Å². The van der Waals surface area contributed by atoms with Crippen molar-refractivity contribution in [2.75, 3.05) is 13.2 Å². The minimum absolute atomic E-state index is 0.0647. The molecule has 0 aromatic heterocycles. The Morgan fingerprint density at radius 1 is 0.931 bits per heavy atom. The van der Waals surface area contributed by atoms with Crippen molar-refractivity contribution < 1.29 is 23.7 Å². The molecule has 2 aromatic carbocycles. The Balaban J connectivity index is 2.29. The van der Waals surface area contributed by atoms with E-state index >= 15 is 0 Å². The smallest absolute Gasteiger partial charge is 0.196 e. The average Bonchev–Trinajstić information content (AvgIpc) is 2.64. The maximum atomic E-state index is 13.0. The maximum absolute atomic E-state index is 13.0. The molecule has 0 aliphatic carbocycles. The summed E-state index contributed by atoms with van der Waals surface area (Å²) in [6.07, 6.45) is -0.805. The van der Waals surface area contributed by atoms with Crippen LogP contribution in [0.5, 0.6) is 11.5 Å². The van der Waals surface area contributed by atoms with E-state index < -0.39 is 6.29 Å². The summed E-state index contributed by atoms with van der Waals surface area (Å²) >= 11 is 0. The number of rotatable bonds is 11. The van der Waals surface area contributed by atoms with Gasteiger partial charge in [0.05, 0.1) is 0 Å². The lowest BCUT2D eigenvalue weighted by molar-refractivity contribution is -0.0646. The van der Waals surface area contributed by atoms with E-state index in [1.807, 2.05) is 71.9 Å². The first-order valence-corrected chi connectivity index (χ1v) is 10.9. The second-order valence-corrected chi connectivity index (χ2v) is 7.90. The zero-order valence-corrected chi connectivity index (χ0v) is 19.1. The zero-order chi connectivity index (χ0) is 21.4. The second-order valence-electron chi connectivity index (χ2n) is 6.66. The monoisotopic (exact) mass is 418 g/mol. The molecule has 3 atom stereocenters. The molecular weight excluding hydrogens is 387 g/mol. The van der Waals surface area contributed by atoms with Crippen molar-refractivity contribution in [3.63, 3.8) is 0 Å². The van der Waals surface area contributed by atoms with Crippen molar-refractivity contribution in [3.05, 3.63) is 53.1 Å². The topological polar surface area (TPSA) is 54.0 Å². The van der Waals surface area contributed by atoms with Gasteiger partial charge in [-0.1, -0.05) is 18.2 Å². The van der Waals surface area contributed by atoms with Crippen LogP contribution in [0.15, 0.2) is 36.4 Å². The highest BCUT2D eigenvalue weighted by Gasteiger charge is 2.18. The summed E-state index contributed by atoms with van der Waals surface area (Å²) in [5.74, 6) is 1.21.